The monoisotopic (exact) mass is 259 g/mol. The molecule has 3 rings (SSSR count). The van der Waals surface area contributed by atoms with Gasteiger partial charge in [0.2, 0.25) is 0 Å². The van der Waals surface area contributed by atoms with Gasteiger partial charge in [-0.3, -0.25) is 4.68 Å². The first-order chi connectivity index (χ1) is 9.20. The van der Waals surface area contributed by atoms with Crippen molar-refractivity contribution in [3.05, 3.63) is 35.2 Å². The summed E-state index contributed by atoms with van der Waals surface area (Å²) in [6, 6.07) is 0.156. The topological polar surface area (TPSA) is 61.7 Å². The van der Waals surface area contributed by atoms with Gasteiger partial charge in [0.15, 0.2) is 0 Å². The van der Waals surface area contributed by atoms with Gasteiger partial charge in [-0.05, 0) is 32.6 Å². The summed E-state index contributed by atoms with van der Waals surface area (Å²) in [6.45, 7) is 2.66. The van der Waals surface area contributed by atoms with Crippen molar-refractivity contribution in [3.8, 4) is 0 Å². The summed E-state index contributed by atoms with van der Waals surface area (Å²) in [5.41, 5.74) is 9.83. The van der Waals surface area contributed by atoms with Gasteiger partial charge in [-0.1, -0.05) is 0 Å². The van der Waals surface area contributed by atoms with Crippen LogP contribution < -0.4 is 5.73 Å². The standard InChI is InChI=1S/C14H21N5/c1-10-17-12-5-3-4-6-13(12)19(10)14(7-15)11-8-16-18(2)9-11/h8-9,14H,3-7,15H2,1-2H3. The normalized spacial score (nSPS) is 16.4. The Morgan fingerprint density at radius 3 is 2.84 bits per heavy atom. The summed E-state index contributed by atoms with van der Waals surface area (Å²) >= 11 is 0. The van der Waals surface area contributed by atoms with Crippen molar-refractivity contribution in [2.24, 2.45) is 12.8 Å². The van der Waals surface area contributed by atoms with Crippen LogP contribution >= 0.6 is 0 Å². The van der Waals surface area contributed by atoms with E-state index in [2.05, 4.69) is 16.6 Å². The lowest BCUT2D eigenvalue weighted by molar-refractivity contribution is 0.536. The quantitative estimate of drug-likeness (QED) is 0.905. The van der Waals surface area contributed by atoms with Crippen LogP contribution in [0.1, 0.15) is 41.7 Å². The first kappa shape index (κ1) is 12.4. The van der Waals surface area contributed by atoms with Crippen molar-refractivity contribution in [1.29, 1.82) is 0 Å². The Morgan fingerprint density at radius 2 is 2.16 bits per heavy atom. The lowest BCUT2D eigenvalue weighted by Crippen LogP contribution is -2.23. The molecule has 1 aliphatic rings. The van der Waals surface area contributed by atoms with E-state index in [4.69, 9.17) is 10.7 Å². The Hall–Kier alpha value is -1.62. The largest absolute Gasteiger partial charge is 0.328 e. The van der Waals surface area contributed by atoms with Gasteiger partial charge in [0.05, 0.1) is 17.9 Å². The van der Waals surface area contributed by atoms with Gasteiger partial charge in [-0.25, -0.2) is 4.98 Å². The minimum atomic E-state index is 0.156. The molecule has 0 radical (unpaired) electrons. The van der Waals surface area contributed by atoms with Crippen molar-refractivity contribution in [2.75, 3.05) is 6.54 Å². The summed E-state index contributed by atoms with van der Waals surface area (Å²) < 4.78 is 4.15. The second kappa shape index (κ2) is 4.81. The maximum Gasteiger partial charge on any atom is 0.106 e. The molecule has 1 unspecified atom stereocenters. The molecule has 0 bridgehead atoms. The van der Waals surface area contributed by atoms with Gasteiger partial charge in [-0.2, -0.15) is 5.10 Å². The van der Waals surface area contributed by atoms with Crippen LogP contribution in [0.3, 0.4) is 0 Å². The van der Waals surface area contributed by atoms with Crippen LogP contribution in [0, 0.1) is 6.92 Å². The molecule has 1 aliphatic carbocycles. The number of nitrogens with zero attached hydrogens (tertiary/aromatic N) is 4. The minimum absolute atomic E-state index is 0.156. The van der Waals surface area contributed by atoms with E-state index in [0.717, 1.165) is 18.7 Å². The van der Waals surface area contributed by atoms with E-state index in [1.807, 2.05) is 24.1 Å². The number of hydrogen-bond acceptors (Lipinski definition) is 3. The van der Waals surface area contributed by atoms with E-state index in [0.29, 0.717) is 6.54 Å². The molecule has 102 valence electrons. The molecule has 0 spiro atoms. The van der Waals surface area contributed by atoms with Crippen LogP contribution in [0.15, 0.2) is 12.4 Å². The van der Waals surface area contributed by atoms with Crippen LogP contribution in [0.4, 0.5) is 0 Å². The third-order valence-corrected chi connectivity index (χ3v) is 3.99. The van der Waals surface area contributed by atoms with Gasteiger partial charge in [0.25, 0.3) is 0 Å². The molecule has 1 atom stereocenters. The average molecular weight is 259 g/mol. The second-order valence-corrected chi connectivity index (χ2v) is 5.33. The number of aryl methyl sites for hydroxylation is 3. The fourth-order valence-electron chi connectivity index (χ4n) is 3.11. The molecule has 5 heteroatoms. The molecular weight excluding hydrogens is 238 g/mol. The number of rotatable bonds is 3. The lowest BCUT2D eigenvalue weighted by Gasteiger charge is -2.22. The highest BCUT2D eigenvalue weighted by molar-refractivity contribution is 5.25. The molecular formula is C14H21N5. The van der Waals surface area contributed by atoms with Crippen LogP contribution in [0.5, 0.6) is 0 Å². The van der Waals surface area contributed by atoms with Crippen LogP contribution in [-0.4, -0.2) is 25.9 Å². The van der Waals surface area contributed by atoms with Crippen molar-refractivity contribution in [2.45, 2.75) is 38.6 Å². The first-order valence-corrected chi connectivity index (χ1v) is 6.96. The second-order valence-electron chi connectivity index (χ2n) is 5.33. The Labute approximate surface area is 113 Å². The number of fused-ring (bicyclic) bond motifs is 1. The Kier molecular flexibility index (Phi) is 3.14. The van der Waals surface area contributed by atoms with E-state index in [9.17, 15) is 0 Å². The number of aromatic nitrogens is 4. The van der Waals surface area contributed by atoms with E-state index >= 15 is 0 Å². The Balaban J connectivity index is 2.06. The first-order valence-electron chi connectivity index (χ1n) is 6.96. The van der Waals surface area contributed by atoms with Gasteiger partial charge in [0.1, 0.15) is 5.82 Å². The molecule has 0 saturated heterocycles. The SMILES string of the molecule is Cc1nc2c(n1C(CN)c1cnn(C)c1)CCCC2. The number of hydrogen-bond donors (Lipinski definition) is 1. The number of nitrogens with two attached hydrogens (primary N) is 1. The lowest BCUT2D eigenvalue weighted by atomic mass is 10.00. The Morgan fingerprint density at radius 1 is 1.37 bits per heavy atom. The van der Waals surface area contributed by atoms with Crippen LogP contribution in [0.2, 0.25) is 0 Å². The van der Waals surface area contributed by atoms with Gasteiger partial charge < -0.3 is 10.3 Å². The van der Waals surface area contributed by atoms with Crippen molar-refractivity contribution in [1.82, 2.24) is 19.3 Å². The molecule has 0 aliphatic heterocycles. The summed E-state index contributed by atoms with van der Waals surface area (Å²) in [4.78, 5) is 4.73. The third kappa shape index (κ3) is 2.08. The molecule has 5 nitrogen and oxygen atoms in total. The smallest absolute Gasteiger partial charge is 0.106 e. The maximum atomic E-state index is 6.02. The summed E-state index contributed by atoms with van der Waals surface area (Å²) in [5, 5.41) is 4.26. The molecule has 2 aromatic rings. The molecule has 19 heavy (non-hydrogen) atoms. The highest BCUT2D eigenvalue weighted by Crippen LogP contribution is 2.28. The maximum absolute atomic E-state index is 6.02. The molecule has 0 saturated carbocycles. The van der Waals surface area contributed by atoms with E-state index in [1.54, 1.807) is 0 Å². The molecule has 2 aromatic heterocycles. The molecule has 0 amide bonds. The van der Waals surface area contributed by atoms with Crippen molar-refractivity contribution >= 4 is 0 Å². The zero-order valence-corrected chi connectivity index (χ0v) is 11.6. The predicted molar refractivity (Wildman–Crippen MR) is 74.0 cm³/mol. The van der Waals surface area contributed by atoms with E-state index in [1.165, 1.54) is 29.8 Å². The van der Waals surface area contributed by atoms with Crippen molar-refractivity contribution < 1.29 is 0 Å². The van der Waals surface area contributed by atoms with Gasteiger partial charge in [-0.15, -0.1) is 0 Å². The third-order valence-electron chi connectivity index (χ3n) is 3.99. The number of imidazole rings is 1. The van der Waals surface area contributed by atoms with Crippen LogP contribution in [0.25, 0.3) is 0 Å². The van der Waals surface area contributed by atoms with Crippen molar-refractivity contribution in [3.63, 3.8) is 0 Å². The molecule has 0 aromatic carbocycles. The highest BCUT2D eigenvalue weighted by Gasteiger charge is 2.24. The summed E-state index contributed by atoms with van der Waals surface area (Å²) in [6.07, 6.45) is 8.69. The average Bonchev–Trinajstić information content (AvgIpc) is 2.96. The summed E-state index contributed by atoms with van der Waals surface area (Å²) in [7, 11) is 1.94. The zero-order chi connectivity index (χ0) is 13.4. The molecule has 0 fully saturated rings. The van der Waals surface area contributed by atoms with Gasteiger partial charge >= 0.3 is 0 Å². The van der Waals surface area contributed by atoms with Gasteiger partial charge in [0, 0.05) is 31.0 Å². The highest BCUT2D eigenvalue weighted by atomic mass is 15.2. The van der Waals surface area contributed by atoms with Crippen LogP contribution in [-0.2, 0) is 19.9 Å². The predicted octanol–water partition coefficient (Wildman–Crippen LogP) is 1.35. The zero-order valence-electron chi connectivity index (χ0n) is 11.6. The summed E-state index contributed by atoms with van der Waals surface area (Å²) in [5.74, 6) is 1.08. The molecule has 2 heterocycles. The fourth-order valence-corrected chi connectivity index (χ4v) is 3.11. The van der Waals surface area contributed by atoms with E-state index in [-0.39, 0.29) is 6.04 Å². The van der Waals surface area contributed by atoms with E-state index < -0.39 is 0 Å². The molecule has 2 N–H and O–H groups in total. The minimum Gasteiger partial charge on any atom is -0.328 e. The Bertz CT molecular complexity index is 581. The fraction of sp³-hybridized carbons (Fsp3) is 0.571.